The average molecular weight is 440 g/mol. The molecule has 1 N–H and O–H groups in total. The number of carbonyl (C=O) groups excluding carboxylic acids is 1. The second-order valence-electron chi connectivity index (χ2n) is 8.09. The molecule has 0 bridgehead atoms. The molecule has 0 heterocycles. The van der Waals surface area contributed by atoms with Gasteiger partial charge in [0.15, 0.2) is 17.1 Å². The first-order valence-electron chi connectivity index (χ1n) is 10.8. The molecule has 6 heteroatoms. The zero-order chi connectivity index (χ0) is 23.9. The Morgan fingerprint density at radius 1 is 1.06 bits per heavy atom. The fraction of sp³-hybridized carbons (Fsp3) is 0.385. The van der Waals surface area contributed by atoms with E-state index < -0.39 is 11.6 Å². The number of ether oxygens (including phenoxy) is 2. The average Bonchev–Trinajstić information content (AvgIpc) is 2.76. The third kappa shape index (κ3) is 6.36. The zero-order valence-corrected chi connectivity index (χ0v) is 19.7. The van der Waals surface area contributed by atoms with Crippen LogP contribution < -0.4 is 9.47 Å². The van der Waals surface area contributed by atoms with E-state index in [0.717, 1.165) is 16.7 Å². The summed E-state index contributed by atoms with van der Waals surface area (Å²) in [5.41, 5.74) is 1.03. The third-order valence-electron chi connectivity index (χ3n) is 5.27. The number of likely N-dealkylation sites (N-methyl/N-ethyl adjacent to an activating group) is 1. The van der Waals surface area contributed by atoms with Crippen LogP contribution in [0.15, 0.2) is 54.6 Å². The summed E-state index contributed by atoms with van der Waals surface area (Å²) >= 11 is 0. The SMILES string of the molecule is CCN(CC)C(=O)C=C(C)c1ccc(OC(C)c2ccccc2)c(OC(C)(C)C(=O)O)c1. The molecule has 0 aliphatic rings. The van der Waals surface area contributed by atoms with Gasteiger partial charge in [0, 0.05) is 19.2 Å². The molecule has 0 saturated heterocycles. The standard InChI is InChI=1S/C26H33NO5/c1-7-27(8-2)24(28)16-18(3)21-14-15-22(23(17-21)32-26(5,6)25(29)30)31-19(4)20-12-10-9-11-13-20/h9-17,19H,7-8H2,1-6H3,(H,29,30). The summed E-state index contributed by atoms with van der Waals surface area (Å²) < 4.78 is 12.0. The number of carbonyl (C=O) groups is 2. The van der Waals surface area contributed by atoms with E-state index >= 15 is 0 Å². The molecular formula is C26H33NO5. The Morgan fingerprint density at radius 3 is 2.25 bits per heavy atom. The van der Waals surface area contributed by atoms with Crippen molar-refractivity contribution in [2.75, 3.05) is 13.1 Å². The van der Waals surface area contributed by atoms with Crippen LogP contribution in [0, 0.1) is 0 Å². The summed E-state index contributed by atoms with van der Waals surface area (Å²) in [7, 11) is 0. The van der Waals surface area contributed by atoms with E-state index in [9.17, 15) is 14.7 Å². The summed E-state index contributed by atoms with van der Waals surface area (Å²) in [5, 5.41) is 9.54. The van der Waals surface area contributed by atoms with Gasteiger partial charge in [-0.3, -0.25) is 4.79 Å². The van der Waals surface area contributed by atoms with Crippen molar-refractivity contribution in [1.29, 1.82) is 0 Å². The van der Waals surface area contributed by atoms with Crippen LogP contribution in [0.4, 0.5) is 0 Å². The number of aliphatic carboxylic acids is 1. The van der Waals surface area contributed by atoms with Crippen molar-refractivity contribution < 1.29 is 24.2 Å². The van der Waals surface area contributed by atoms with Gasteiger partial charge in [0.2, 0.25) is 5.91 Å². The summed E-state index contributed by atoms with van der Waals surface area (Å²) in [5.74, 6) is -0.421. The fourth-order valence-electron chi connectivity index (χ4n) is 3.13. The lowest BCUT2D eigenvalue weighted by Crippen LogP contribution is -2.38. The highest BCUT2D eigenvalue weighted by atomic mass is 16.6. The highest BCUT2D eigenvalue weighted by Crippen LogP contribution is 2.36. The molecule has 0 saturated carbocycles. The number of rotatable bonds is 10. The second-order valence-corrected chi connectivity index (χ2v) is 8.09. The van der Waals surface area contributed by atoms with Gasteiger partial charge < -0.3 is 19.5 Å². The number of nitrogens with zero attached hydrogens (tertiary/aromatic N) is 1. The fourth-order valence-corrected chi connectivity index (χ4v) is 3.13. The Morgan fingerprint density at radius 2 is 1.69 bits per heavy atom. The molecule has 0 aromatic heterocycles. The lowest BCUT2D eigenvalue weighted by molar-refractivity contribution is -0.152. The van der Waals surface area contributed by atoms with Crippen molar-refractivity contribution in [3.05, 3.63) is 65.7 Å². The molecule has 0 aliphatic heterocycles. The molecule has 1 unspecified atom stereocenters. The molecule has 32 heavy (non-hydrogen) atoms. The molecule has 0 fully saturated rings. The van der Waals surface area contributed by atoms with Gasteiger partial charge in [0.1, 0.15) is 6.10 Å². The van der Waals surface area contributed by atoms with Crippen LogP contribution in [0.5, 0.6) is 11.5 Å². The molecule has 172 valence electrons. The molecule has 0 spiro atoms. The van der Waals surface area contributed by atoms with Gasteiger partial charge in [-0.1, -0.05) is 36.4 Å². The first-order chi connectivity index (χ1) is 15.1. The van der Waals surface area contributed by atoms with E-state index in [4.69, 9.17) is 9.47 Å². The molecule has 2 rings (SSSR count). The largest absolute Gasteiger partial charge is 0.482 e. The van der Waals surface area contributed by atoms with Crippen molar-refractivity contribution in [3.8, 4) is 11.5 Å². The smallest absolute Gasteiger partial charge is 0.347 e. The van der Waals surface area contributed by atoms with Crippen LogP contribution in [-0.4, -0.2) is 40.6 Å². The highest BCUT2D eigenvalue weighted by molar-refractivity contribution is 5.95. The van der Waals surface area contributed by atoms with E-state index in [1.807, 2.05) is 64.1 Å². The molecule has 0 aliphatic carbocycles. The van der Waals surface area contributed by atoms with Crippen LogP contribution >= 0.6 is 0 Å². The Kier molecular flexibility index (Phi) is 8.47. The minimum absolute atomic E-state index is 0.0705. The Bertz CT molecular complexity index is 961. The van der Waals surface area contributed by atoms with Crippen molar-refractivity contribution in [2.24, 2.45) is 0 Å². The highest BCUT2D eigenvalue weighted by Gasteiger charge is 2.31. The van der Waals surface area contributed by atoms with Crippen LogP contribution in [0.25, 0.3) is 5.57 Å². The van der Waals surface area contributed by atoms with E-state index in [-0.39, 0.29) is 12.0 Å². The van der Waals surface area contributed by atoms with E-state index in [2.05, 4.69) is 0 Å². The molecule has 0 radical (unpaired) electrons. The zero-order valence-electron chi connectivity index (χ0n) is 19.7. The van der Waals surface area contributed by atoms with Crippen LogP contribution in [0.1, 0.15) is 58.8 Å². The van der Waals surface area contributed by atoms with Gasteiger partial charge in [0.25, 0.3) is 0 Å². The summed E-state index contributed by atoms with van der Waals surface area (Å²) in [6.07, 6.45) is 1.32. The molecular weight excluding hydrogens is 406 g/mol. The Balaban J connectivity index is 2.42. The van der Waals surface area contributed by atoms with Gasteiger partial charge >= 0.3 is 5.97 Å². The molecule has 2 aromatic carbocycles. The lowest BCUT2D eigenvalue weighted by Gasteiger charge is -2.25. The number of hydrogen-bond acceptors (Lipinski definition) is 4. The molecule has 1 atom stereocenters. The number of allylic oxidation sites excluding steroid dienone is 1. The summed E-state index contributed by atoms with van der Waals surface area (Å²) in [4.78, 5) is 25.9. The van der Waals surface area contributed by atoms with Crippen molar-refractivity contribution in [1.82, 2.24) is 4.90 Å². The van der Waals surface area contributed by atoms with Crippen molar-refractivity contribution in [3.63, 3.8) is 0 Å². The normalized spacial score (nSPS) is 12.8. The van der Waals surface area contributed by atoms with Gasteiger partial charge in [-0.15, -0.1) is 0 Å². The van der Waals surface area contributed by atoms with Crippen LogP contribution in [0.3, 0.4) is 0 Å². The number of hydrogen-bond donors (Lipinski definition) is 1. The molecule has 1 amide bonds. The summed E-state index contributed by atoms with van der Waals surface area (Å²) in [6, 6.07) is 15.0. The Hall–Kier alpha value is -3.28. The first kappa shape index (κ1) is 25.0. The minimum atomic E-state index is -1.46. The van der Waals surface area contributed by atoms with Gasteiger partial charge in [-0.25, -0.2) is 4.79 Å². The maximum Gasteiger partial charge on any atom is 0.347 e. The van der Waals surface area contributed by atoms with Crippen molar-refractivity contribution >= 4 is 17.4 Å². The number of amides is 1. The van der Waals surface area contributed by atoms with E-state index in [1.54, 1.807) is 23.1 Å². The van der Waals surface area contributed by atoms with Gasteiger partial charge in [-0.05, 0) is 70.4 Å². The minimum Gasteiger partial charge on any atom is -0.482 e. The third-order valence-corrected chi connectivity index (χ3v) is 5.27. The molecule has 6 nitrogen and oxygen atoms in total. The van der Waals surface area contributed by atoms with Crippen LogP contribution in [-0.2, 0) is 9.59 Å². The Labute approximate surface area is 190 Å². The summed E-state index contributed by atoms with van der Waals surface area (Å²) in [6.45, 7) is 11.9. The maximum absolute atomic E-state index is 12.5. The molecule has 2 aromatic rings. The quantitative estimate of drug-likeness (QED) is 0.506. The number of carboxylic acids is 1. The monoisotopic (exact) mass is 439 g/mol. The van der Waals surface area contributed by atoms with Gasteiger partial charge in [0.05, 0.1) is 0 Å². The van der Waals surface area contributed by atoms with Crippen LogP contribution in [0.2, 0.25) is 0 Å². The topological polar surface area (TPSA) is 76.1 Å². The second kappa shape index (κ2) is 10.8. The predicted molar refractivity (Wildman–Crippen MR) is 126 cm³/mol. The lowest BCUT2D eigenvalue weighted by atomic mass is 10.0. The number of benzene rings is 2. The maximum atomic E-state index is 12.5. The van der Waals surface area contributed by atoms with Crippen molar-refractivity contribution in [2.45, 2.75) is 53.2 Å². The van der Waals surface area contributed by atoms with E-state index in [0.29, 0.717) is 24.6 Å². The van der Waals surface area contributed by atoms with Gasteiger partial charge in [-0.2, -0.15) is 0 Å². The number of carboxylic acid groups (broad SMARTS) is 1. The van der Waals surface area contributed by atoms with E-state index in [1.165, 1.54) is 13.8 Å². The first-order valence-corrected chi connectivity index (χ1v) is 10.8. The predicted octanol–water partition coefficient (Wildman–Crippen LogP) is 5.34.